The number of nitrogens with zero attached hydrogens (tertiary/aromatic N) is 1. The average molecular weight is 529 g/mol. The maximum absolute atomic E-state index is 8.89. The maximum atomic E-state index is 8.89. The molecule has 3 aromatic rings. The Hall–Kier alpha value is -3.17. The molecule has 1 heterocycles. The number of aliphatic imine (C=N–C) groups is 1. The topological polar surface area (TPSA) is 48.4 Å². The summed E-state index contributed by atoms with van der Waals surface area (Å²) in [4.78, 5) is 7.39. The van der Waals surface area contributed by atoms with Crippen molar-refractivity contribution in [3.05, 3.63) is 99.9 Å². The number of fused-ring (bicyclic) bond motifs is 1. The van der Waals surface area contributed by atoms with Crippen LogP contribution in [0.3, 0.4) is 0 Å². The summed E-state index contributed by atoms with van der Waals surface area (Å²) in [5.41, 5.74) is 11.1. The lowest BCUT2D eigenvalue weighted by Gasteiger charge is -2.03. The van der Waals surface area contributed by atoms with Crippen LogP contribution in [0.15, 0.2) is 77.1 Å². The van der Waals surface area contributed by atoms with Crippen molar-refractivity contribution in [2.24, 2.45) is 10.9 Å². The van der Waals surface area contributed by atoms with Gasteiger partial charge in [0.15, 0.2) is 0 Å². The number of aromatic nitrogens is 1. The highest BCUT2D eigenvalue weighted by Gasteiger charge is 2.03. The van der Waals surface area contributed by atoms with Gasteiger partial charge in [-0.05, 0) is 99.4 Å². The second kappa shape index (κ2) is 18.2. The Bertz CT molecular complexity index is 1250. The molecule has 0 fully saturated rings. The molecule has 0 saturated carbocycles. The highest BCUT2D eigenvalue weighted by molar-refractivity contribution is 5.83. The van der Waals surface area contributed by atoms with Crippen molar-refractivity contribution >= 4 is 23.2 Å². The number of hydrogen-bond acceptors (Lipinski definition) is 2. The van der Waals surface area contributed by atoms with E-state index in [4.69, 9.17) is 5.11 Å². The Morgan fingerprint density at radius 3 is 2.28 bits per heavy atom. The number of H-pyrrole nitrogens is 1. The summed E-state index contributed by atoms with van der Waals surface area (Å²) in [6, 6.07) is 13.1. The second-order valence-electron chi connectivity index (χ2n) is 10.8. The van der Waals surface area contributed by atoms with Gasteiger partial charge in [0, 0.05) is 29.0 Å². The van der Waals surface area contributed by atoms with Crippen LogP contribution >= 0.6 is 0 Å². The molecular formula is C36H52N2O. The van der Waals surface area contributed by atoms with Crippen LogP contribution in [0.5, 0.6) is 0 Å². The Balaban J connectivity index is 0.000000297. The van der Waals surface area contributed by atoms with Crippen molar-refractivity contribution in [1.29, 1.82) is 0 Å². The minimum absolute atomic E-state index is 0.132. The normalized spacial score (nSPS) is 11.9. The summed E-state index contributed by atoms with van der Waals surface area (Å²) in [6.07, 6.45) is 12.8. The smallest absolute Gasteiger partial charge is 0.0642 e. The number of rotatable bonds is 9. The van der Waals surface area contributed by atoms with Crippen molar-refractivity contribution in [1.82, 2.24) is 4.98 Å². The fourth-order valence-electron chi connectivity index (χ4n) is 3.85. The number of aromatic amines is 1. The molecule has 0 aliphatic carbocycles. The number of benzene rings is 2. The summed E-state index contributed by atoms with van der Waals surface area (Å²) in [6.45, 7) is 22.7. The molecule has 2 aromatic carbocycles. The van der Waals surface area contributed by atoms with E-state index in [9.17, 15) is 0 Å². The molecular weight excluding hydrogens is 476 g/mol. The summed E-state index contributed by atoms with van der Waals surface area (Å²) in [5, 5.41) is 10.3. The van der Waals surface area contributed by atoms with Crippen molar-refractivity contribution < 1.29 is 5.11 Å². The zero-order valence-electron chi connectivity index (χ0n) is 26.0. The van der Waals surface area contributed by atoms with Crippen molar-refractivity contribution in [3.8, 4) is 0 Å². The molecule has 0 saturated heterocycles. The molecule has 3 rings (SSSR count). The van der Waals surface area contributed by atoms with E-state index in [0.29, 0.717) is 5.92 Å². The predicted molar refractivity (Wildman–Crippen MR) is 175 cm³/mol. The van der Waals surface area contributed by atoms with Crippen molar-refractivity contribution in [3.63, 3.8) is 0 Å². The van der Waals surface area contributed by atoms with Crippen LogP contribution in [0.4, 0.5) is 0 Å². The molecule has 0 aliphatic heterocycles. The van der Waals surface area contributed by atoms with Gasteiger partial charge < -0.3 is 10.1 Å². The van der Waals surface area contributed by atoms with Gasteiger partial charge in [0.2, 0.25) is 0 Å². The Morgan fingerprint density at radius 2 is 1.69 bits per heavy atom. The Morgan fingerprint density at radius 1 is 1.00 bits per heavy atom. The van der Waals surface area contributed by atoms with Crippen LogP contribution in [-0.4, -0.2) is 22.9 Å². The first-order chi connectivity index (χ1) is 18.5. The molecule has 0 radical (unpaired) electrons. The van der Waals surface area contributed by atoms with Crippen molar-refractivity contribution in [2.75, 3.05) is 6.61 Å². The largest absolute Gasteiger partial charge is 0.392 e. The lowest BCUT2D eigenvalue weighted by atomic mass is 10.0. The molecule has 212 valence electrons. The number of nitrogens with one attached hydrogen (secondary N) is 1. The Labute approximate surface area is 238 Å². The molecule has 0 bridgehead atoms. The molecule has 3 nitrogen and oxygen atoms in total. The third kappa shape index (κ3) is 13.0. The van der Waals surface area contributed by atoms with E-state index in [1.165, 1.54) is 70.0 Å². The molecule has 0 unspecified atom stereocenters. The highest BCUT2D eigenvalue weighted by atomic mass is 16.3. The molecule has 0 aliphatic rings. The number of aliphatic hydroxyl groups is 1. The van der Waals surface area contributed by atoms with Gasteiger partial charge in [-0.2, -0.15) is 0 Å². The van der Waals surface area contributed by atoms with Crippen LogP contribution < -0.4 is 0 Å². The molecule has 39 heavy (non-hydrogen) atoms. The lowest BCUT2D eigenvalue weighted by molar-refractivity contribution is 0.332. The van der Waals surface area contributed by atoms with Gasteiger partial charge in [-0.15, -0.1) is 0 Å². The molecule has 0 atom stereocenters. The van der Waals surface area contributed by atoms with Gasteiger partial charge in [0.25, 0.3) is 0 Å². The third-order valence-electron chi connectivity index (χ3n) is 6.52. The first-order valence-electron chi connectivity index (χ1n) is 14.3. The van der Waals surface area contributed by atoms with Gasteiger partial charge in [-0.1, -0.05) is 88.6 Å². The van der Waals surface area contributed by atoms with Gasteiger partial charge in [0.1, 0.15) is 0 Å². The maximum Gasteiger partial charge on any atom is 0.0642 e. The molecule has 1 aromatic heterocycles. The van der Waals surface area contributed by atoms with Gasteiger partial charge in [-0.3, -0.25) is 4.99 Å². The fourth-order valence-corrected chi connectivity index (χ4v) is 3.85. The summed E-state index contributed by atoms with van der Waals surface area (Å²) < 4.78 is 0. The van der Waals surface area contributed by atoms with Crippen molar-refractivity contribution in [2.45, 2.75) is 88.0 Å². The van der Waals surface area contributed by atoms with Gasteiger partial charge >= 0.3 is 0 Å². The standard InChI is InChI=1S/C14H19N.C12H16O.C10H17N/c1-3-5-11-7-8-14-13(9-11)12(6-4-2)10-15-14;1-9-4-5-11(3)12(6-9)7-10(2)8-13;1-8(2)10(5)6-7-11-9(3)4/h7-10,15H,3-6H2,1-2H3;4-7,13H,8H2,1-3H3;6-8H,3H2,1-2,4-5H3/b;10-7+;10-6+,11-7?. The summed E-state index contributed by atoms with van der Waals surface area (Å²) >= 11 is 0. The molecule has 2 N–H and O–H groups in total. The molecule has 0 amide bonds. The Kier molecular flexibility index (Phi) is 15.8. The predicted octanol–water partition coefficient (Wildman–Crippen LogP) is 9.97. The number of aliphatic hydroxyl groups excluding tert-OH is 1. The van der Waals surface area contributed by atoms with E-state index in [1.807, 2.05) is 26.0 Å². The highest BCUT2D eigenvalue weighted by Crippen LogP contribution is 2.21. The quantitative estimate of drug-likeness (QED) is 0.267. The first kappa shape index (κ1) is 33.9. The van der Waals surface area contributed by atoms with Crippen LogP contribution in [-0.2, 0) is 12.8 Å². The number of allylic oxidation sites excluding steroid dienone is 3. The van der Waals surface area contributed by atoms with E-state index >= 15 is 0 Å². The number of hydrogen-bond donors (Lipinski definition) is 2. The van der Waals surface area contributed by atoms with E-state index in [1.54, 1.807) is 6.21 Å². The van der Waals surface area contributed by atoms with Gasteiger partial charge in [-0.25, -0.2) is 0 Å². The first-order valence-corrected chi connectivity index (χ1v) is 14.3. The zero-order chi connectivity index (χ0) is 29.4. The lowest BCUT2D eigenvalue weighted by Crippen LogP contribution is -1.88. The molecule has 3 heteroatoms. The van der Waals surface area contributed by atoms with E-state index in [2.05, 4.69) is 108 Å². The van der Waals surface area contributed by atoms with E-state index in [-0.39, 0.29) is 6.61 Å². The summed E-state index contributed by atoms with van der Waals surface area (Å²) in [5.74, 6) is 0.603. The van der Waals surface area contributed by atoms with Crippen LogP contribution in [0, 0.1) is 19.8 Å². The van der Waals surface area contributed by atoms with Crippen LogP contribution in [0.2, 0.25) is 0 Å². The fraction of sp³-hybridized carbons (Fsp3) is 0.417. The zero-order valence-corrected chi connectivity index (χ0v) is 26.0. The summed E-state index contributed by atoms with van der Waals surface area (Å²) in [7, 11) is 0. The van der Waals surface area contributed by atoms with Crippen LogP contribution in [0.1, 0.15) is 89.1 Å². The second-order valence-corrected chi connectivity index (χ2v) is 10.8. The minimum atomic E-state index is 0.132. The third-order valence-corrected chi connectivity index (χ3v) is 6.52. The minimum Gasteiger partial charge on any atom is -0.392 e. The van der Waals surface area contributed by atoms with Crippen LogP contribution in [0.25, 0.3) is 17.0 Å². The monoisotopic (exact) mass is 528 g/mol. The van der Waals surface area contributed by atoms with Gasteiger partial charge in [0.05, 0.1) is 6.61 Å². The van der Waals surface area contributed by atoms with E-state index < -0.39 is 0 Å². The molecule has 0 spiro atoms. The average Bonchev–Trinajstić information content (AvgIpc) is 3.29. The van der Waals surface area contributed by atoms with E-state index in [0.717, 1.165) is 11.3 Å². The number of aryl methyl sites for hydroxylation is 4. The SMILES string of the molecule is C/C(=C\c1cc(C)ccc1C)CO.C=C(C)N=C/C=C(\C)C(C)C.CCCc1ccc2[nH]cc(CCC)c2c1.